The van der Waals surface area contributed by atoms with Crippen LogP contribution in [0.3, 0.4) is 0 Å². The molecule has 0 unspecified atom stereocenters. The number of rotatable bonds is 3. The van der Waals surface area contributed by atoms with E-state index in [1.54, 1.807) is 15.5 Å². The molecule has 6 heteroatoms. The zero-order chi connectivity index (χ0) is 15.9. The van der Waals surface area contributed by atoms with Gasteiger partial charge >= 0.3 is 5.69 Å². The number of hydrogen-bond donors (Lipinski definition) is 0. The minimum atomic E-state index is -0.222. The first kappa shape index (κ1) is 15.1. The van der Waals surface area contributed by atoms with Crippen LogP contribution < -0.4 is 11.2 Å². The molecule has 0 radical (unpaired) electrons. The third-order valence-electron chi connectivity index (χ3n) is 4.52. The Hall–Kier alpha value is -1.85. The van der Waals surface area contributed by atoms with Crippen LogP contribution in [0.1, 0.15) is 52.0 Å². The smallest absolute Gasteiger partial charge is 0.328 e. The average molecular weight is 304 g/mol. The normalized spacial score (nSPS) is 16.7. The Morgan fingerprint density at radius 3 is 2.55 bits per heavy atom. The second-order valence-electron chi connectivity index (χ2n) is 6.78. The lowest BCUT2D eigenvalue weighted by molar-refractivity contribution is 0.338. The maximum Gasteiger partial charge on any atom is 0.333 e. The Morgan fingerprint density at radius 1 is 1.23 bits per heavy atom. The molecular weight excluding hydrogens is 280 g/mol. The number of fused-ring (bicyclic) bond motifs is 1. The van der Waals surface area contributed by atoms with Gasteiger partial charge in [0.05, 0.1) is 6.33 Å². The van der Waals surface area contributed by atoms with Crippen LogP contribution in [0.15, 0.2) is 15.9 Å². The van der Waals surface area contributed by atoms with Crippen molar-refractivity contribution in [3.8, 4) is 0 Å². The molecule has 1 aliphatic rings. The molecule has 3 rings (SSSR count). The molecule has 0 aromatic carbocycles. The van der Waals surface area contributed by atoms with Gasteiger partial charge in [-0.2, -0.15) is 0 Å². The van der Waals surface area contributed by atoms with Crippen molar-refractivity contribution < 1.29 is 0 Å². The number of imidazole rings is 1. The quantitative estimate of drug-likeness (QED) is 0.872. The van der Waals surface area contributed by atoms with Crippen molar-refractivity contribution in [2.45, 2.75) is 58.5 Å². The van der Waals surface area contributed by atoms with Gasteiger partial charge in [-0.1, -0.05) is 33.1 Å². The molecule has 0 atom stereocenters. The number of aromatic nitrogens is 4. The summed E-state index contributed by atoms with van der Waals surface area (Å²) in [5.41, 5.74) is 0.660. The molecule has 1 aliphatic carbocycles. The lowest BCUT2D eigenvalue weighted by Gasteiger charge is -2.25. The highest BCUT2D eigenvalue weighted by Gasteiger charge is 2.24. The molecule has 2 aromatic rings. The summed E-state index contributed by atoms with van der Waals surface area (Å²) >= 11 is 0. The summed E-state index contributed by atoms with van der Waals surface area (Å²) in [7, 11) is 1.81. The summed E-state index contributed by atoms with van der Waals surface area (Å²) in [5.74, 6) is 0.246. The van der Waals surface area contributed by atoms with Gasteiger partial charge in [0.1, 0.15) is 0 Å². The molecule has 0 saturated heterocycles. The predicted octanol–water partition coefficient (Wildman–Crippen LogP) is 2.06. The summed E-state index contributed by atoms with van der Waals surface area (Å²) in [5, 5.41) is 0. The maximum absolute atomic E-state index is 12.9. The van der Waals surface area contributed by atoms with Crippen LogP contribution >= 0.6 is 0 Å². The third-order valence-corrected chi connectivity index (χ3v) is 4.52. The van der Waals surface area contributed by atoms with Gasteiger partial charge in [-0.3, -0.25) is 13.9 Å². The van der Waals surface area contributed by atoms with E-state index in [1.165, 1.54) is 11.0 Å². The van der Waals surface area contributed by atoms with E-state index in [4.69, 9.17) is 0 Å². The highest BCUT2D eigenvalue weighted by atomic mass is 16.2. The molecule has 2 heterocycles. The molecule has 0 bridgehead atoms. The predicted molar refractivity (Wildman–Crippen MR) is 86.2 cm³/mol. The van der Waals surface area contributed by atoms with Crippen LogP contribution in [0.2, 0.25) is 0 Å². The van der Waals surface area contributed by atoms with Gasteiger partial charge < -0.3 is 4.57 Å². The Labute approximate surface area is 129 Å². The van der Waals surface area contributed by atoms with Crippen molar-refractivity contribution >= 4 is 11.2 Å². The topological polar surface area (TPSA) is 61.8 Å². The molecule has 0 spiro atoms. The van der Waals surface area contributed by atoms with Crippen LogP contribution in [-0.2, 0) is 13.6 Å². The van der Waals surface area contributed by atoms with Gasteiger partial charge in [0, 0.05) is 19.6 Å². The van der Waals surface area contributed by atoms with Gasteiger partial charge in [-0.15, -0.1) is 0 Å². The lowest BCUT2D eigenvalue weighted by atomic mass is 9.95. The minimum absolute atomic E-state index is 0.165. The SMILES string of the molecule is CC(C)Cn1c(=O)c2c(ncn2C)n(C2CCCCC2)c1=O. The fourth-order valence-electron chi connectivity index (χ4n) is 3.47. The van der Waals surface area contributed by atoms with Crippen LogP contribution in [-0.4, -0.2) is 18.7 Å². The summed E-state index contributed by atoms with van der Waals surface area (Å²) in [6.45, 7) is 4.49. The fourth-order valence-corrected chi connectivity index (χ4v) is 3.47. The van der Waals surface area contributed by atoms with Crippen LogP contribution in [0, 0.1) is 5.92 Å². The standard InChI is InChI=1S/C16H24N4O2/c1-11(2)9-19-15(21)13-14(17-10-18(13)3)20(16(19)22)12-7-5-4-6-8-12/h10-12H,4-9H2,1-3H3. The molecule has 0 amide bonds. The van der Waals surface area contributed by atoms with Crippen LogP contribution in [0.25, 0.3) is 11.2 Å². The molecule has 6 nitrogen and oxygen atoms in total. The average Bonchev–Trinajstić information content (AvgIpc) is 2.86. The van der Waals surface area contributed by atoms with E-state index in [1.807, 2.05) is 20.9 Å². The highest BCUT2D eigenvalue weighted by molar-refractivity contribution is 5.70. The third kappa shape index (κ3) is 2.40. The number of aryl methyl sites for hydroxylation is 1. The minimum Gasteiger partial charge on any atom is -0.328 e. The van der Waals surface area contributed by atoms with Crippen LogP contribution in [0.4, 0.5) is 0 Å². The molecule has 22 heavy (non-hydrogen) atoms. The summed E-state index contributed by atoms with van der Waals surface area (Å²) < 4.78 is 4.90. The zero-order valence-electron chi connectivity index (χ0n) is 13.6. The molecule has 1 saturated carbocycles. The largest absolute Gasteiger partial charge is 0.333 e. The van der Waals surface area contributed by atoms with Crippen molar-refractivity contribution in [2.24, 2.45) is 13.0 Å². The Bertz CT molecular complexity index is 791. The molecule has 1 fully saturated rings. The molecular formula is C16H24N4O2. The lowest BCUT2D eigenvalue weighted by Crippen LogP contribution is -2.43. The van der Waals surface area contributed by atoms with E-state index in [-0.39, 0.29) is 23.2 Å². The van der Waals surface area contributed by atoms with Crippen molar-refractivity contribution in [1.82, 2.24) is 18.7 Å². The second-order valence-corrected chi connectivity index (χ2v) is 6.78. The van der Waals surface area contributed by atoms with E-state index < -0.39 is 0 Å². The maximum atomic E-state index is 12.9. The van der Waals surface area contributed by atoms with E-state index in [0.29, 0.717) is 17.7 Å². The highest BCUT2D eigenvalue weighted by Crippen LogP contribution is 2.28. The summed E-state index contributed by atoms with van der Waals surface area (Å²) in [4.78, 5) is 30.0. The first-order chi connectivity index (χ1) is 10.5. The van der Waals surface area contributed by atoms with Gasteiger partial charge in [0.2, 0.25) is 0 Å². The molecule has 0 aliphatic heterocycles. The monoisotopic (exact) mass is 304 g/mol. The van der Waals surface area contributed by atoms with Gasteiger partial charge in [0.25, 0.3) is 5.56 Å². The van der Waals surface area contributed by atoms with Crippen molar-refractivity contribution in [2.75, 3.05) is 0 Å². The Balaban J connectivity index is 2.29. The van der Waals surface area contributed by atoms with Gasteiger partial charge in [-0.05, 0) is 18.8 Å². The van der Waals surface area contributed by atoms with Crippen molar-refractivity contribution in [3.63, 3.8) is 0 Å². The Morgan fingerprint density at radius 2 is 1.91 bits per heavy atom. The molecule has 2 aromatic heterocycles. The van der Waals surface area contributed by atoms with Crippen molar-refractivity contribution in [3.05, 3.63) is 27.2 Å². The Kier molecular flexibility index (Phi) is 3.93. The van der Waals surface area contributed by atoms with Gasteiger partial charge in [-0.25, -0.2) is 9.78 Å². The van der Waals surface area contributed by atoms with E-state index >= 15 is 0 Å². The first-order valence-corrected chi connectivity index (χ1v) is 8.17. The van der Waals surface area contributed by atoms with E-state index in [9.17, 15) is 9.59 Å². The molecule has 0 N–H and O–H groups in total. The number of hydrogen-bond acceptors (Lipinski definition) is 3. The fraction of sp³-hybridized carbons (Fsp3) is 0.688. The summed E-state index contributed by atoms with van der Waals surface area (Å²) in [6, 6.07) is 0.165. The van der Waals surface area contributed by atoms with Crippen molar-refractivity contribution in [1.29, 1.82) is 0 Å². The van der Waals surface area contributed by atoms with Crippen LogP contribution in [0.5, 0.6) is 0 Å². The first-order valence-electron chi connectivity index (χ1n) is 8.17. The van der Waals surface area contributed by atoms with E-state index in [0.717, 1.165) is 25.7 Å². The zero-order valence-corrected chi connectivity index (χ0v) is 13.6. The van der Waals surface area contributed by atoms with E-state index in [2.05, 4.69) is 4.98 Å². The molecule has 120 valence electrons. The van der Waals surface area contributed by atoms with Gasteiger partial charge in [0.15, 0.2) is 11.2 Å². The summed E-state index contributed by atoms with van der Waals surface area (Å²) in [6.07, 6.45) is 7.10. The number of nitrogens with zero attached hydrogens (tertiary/aromatic N) is 4. The second kappa shape index (κ2) is 5.74.